The lowest BCUT2D eigenvalue weighted by atomic mass is 9.99. The fourth-order valence-electron chi connectivity index (χ4n) is 2.56. The Morgan fingerprint density at radius 1 is 1.07 bits per heavy atom. The van der Waals surface area contributed by atoms with Gasteiger partial charge in [-0.05, 0) is 35.2 Å². The fourth-order valence-corrected chi connectivity index (χ4v) is 2.56. The van der Waals surface area contributed by atoms with Crippen LogP contribution in [-0.4, -0.2) is 26.2 Å². The molecule has 28 heavy (non-hydrogen) atoms. The van der Waals surface area contributed by atoms with Gasteiger partial charge in [-0.15, -0.1) is 12.4 Å². The minimum Gasteiger partial charge on any atom is -0.493 e. The monoisotopic (exact) mass is 414 g/mol. The van der Waals surface area contributed by atoms with Crippen molar-refractivity contribution in [3.63, 3.8) is 0 Å². The van der Waals surface area contributed by atoms with Crippen LogP contribution in [-0.2, 0) is 0 Å². The molecule has 2 aromatic rings. The standard InChI is InChI=1S/C20H24F2N2O3.ClH/c1-12(2)13-4-6-14(7-5-13)16(23)11-24-19(25)15-8-9-17(26-3)18(10-15)27-20(21)22;/h4-10,12,16,20H,11,23H2,1-3H3,(H,24,25);1H. The summed E-state index contributed by atoms with van der Waals surface area (Å²) in [5.41, 5.74) is 8.41. The zero-order valence-electron chi connectivity index (χ0n) is 15.9. The average molecular weight is 415 g/mol. The summed E-state index contributed by atoms with van der Waals surface area (Å²) in [6.07, 6.45) is 0. The van der Waals surface area contributed by atoms with Crippen molar-refractivity contribution in [2.45, 2.75) is 32.4 Å². The Bertz CT molecular complexity index is 771. The molecule has 8 heteroatoms. The van der Waals surface area contributed by atoms with Crippen LogP contribution in [0.25, 0.3) is 0 Å². The molecule has 1 unspecified atom stereocenters. The van der Waals surface area contributed by atoms with Gasteiger partial charge in [0, 0.05) is 18.2 Å². The molecule has 0 aromatic heterocycles. The molecule has 0 heterocycles. The van der Waals surface area contributed by atoms with Gasteiger partial charge in [-0.25, -0.2) is 0 Å². The first kappa shape index (κ1) is 23.7. The molecule has 2 aromatic carbocycles. The van der Waals surface area contributed by atoms with Crippen LogP contribution in [0.4, 0.5) is 8.78 Å². The predicted octanol–water partition coefficient (Wildman–Crippen LogP) is 4.27. The summed E-state index contributed by atoms with van der Waals surface area (Å²) < 4.78 is 34.3. The molecule has 154 valence electrons. The molecule has 0 saturated carbocycles. The molecule has 0 spiro atoms. The van der Waals surface area contributed by atoms with Gasteiger partial charge in [-0.1, -0.05) is 38.1 Å². The number of nitrogens with one attached hydrogen (secondary N) is 1. The zero-order valence-corrected chi connectivity index (χ0v) is 16.8. The maximum absolute atomic E-state index is 12.5. The fraction of sp³-hybridized carbons (Fsp3) is 0.350. The predicted molar refractivity (Wildman–Crippen MR) is 107 cm³/mol. The van der Waals surface area contributed by atoms with Crippen LogP contribution in [0.5, 0.6) is 11.5 Å². The minimum absolute atomic E-state index is 0. The first-order valence-corrected chi connectivity index (χ1v) is 8.58. The summed E-state index contributed by atoms with van der Waals surface area (Å²) in [5.74, 6) is -0.0942. The molecule has 5 nitrogen and oxygen atoms in total. The second kappa shape index (κ2) is 10.8. The van der Waals surface area contributed by atoms with Gasteiger partial charge < -0.3 is 20.5 Å². The van der Waals surface area contributed by atoms with Crippen LogP contribution in [0.3, 0.4) is 0 Å². The molecule has 2 rings (SSSR count). The number of methoxy groups -OCH3 is 1. The molecular formula is C20H25ClF2N2O3. The van der Waals surface area contributed by atoms with Crippen molar-refractivity contribution >= 4 is 18.3 Å². The van der Waals surface area contributed by atoms with Crippen molar-refractivity contribution in [1.29, 1.82) is 0 Å². The van der Waals surface area contributed by atoms with Gasteiger partial charge in [-0.2, -0.15) is 8.78 Å². The highest BCUT2D eigenvalue weighted by atomic mass is 35.5. The number of hydrogen-bond acceptors (Lipinski definition) is 4. The lowest BCUT2D eigenvalue weighted by Crippen LogP contribution is -2.31. The molecule has 0 aliphatic carbocycles. The minimum atomic E-state index is -3.01. The average Bonchev–Trinajstić information content (AvgIpc) is 2.65. The lowest BCUT2D eigenvalue weighted by molar-refractivity contribution is -0.0512. The molecule has 0 saturated heterocycles. The van der Waals surface area contributed by atoms with Crippen molar-refractivity contribution in [2.75, 3.05) is 13.7 Å². The number of ether oxygens (including phenoxy) is 2. The lowest BCUT2D eigenvalue weighted by Gasteiger charge is -2.15. The van der Waals surface area contributed by atoms with E-state index < -0.39 is 12.5 Å². The molecule has 0 bridgehead atoms. The molecule has 0 aliphatic heterocycles. The van der Waals surface area contributed by atoms with Gasteiger partial charge >= 0.3 is 6.61 Å². The second-order valence-electron chi connectivity index (χ2n) is 6.38. The maximum Gasteiger partial charge on any atom is 0.387 e. The molecule has 0 aliphatic rings. The van der Waals surface area contributed by atoms with Crippen molar-refractivity contribution < 1.29 is 23.0 Å². The third kappa shape index (κ3) is 6.35. The quantitative estimate of drug-likeness (QED) is 0.676. The summed E-state index contributed by atoms with van der Waals surface area (Å²) in [6.45, 7) is 1.41. The van der Waals surface area contributed by atoms with E-state index in [1.807, 2.05) is 24.3 Å². The molecular weight excluding hydrogens is 390 g/mol. The van der Waals surface area contributed by atoms with Crippen LogP contribution in [0.1, 0.15) is 47.3 Å². The van der Waals surface area contributed by atoms with Crippen molar-refractivity contribution in [3.8, 4) is 11.5 Å². The normalized spacial score (nSPS) is 11.7. The third-order valence-electron chi connectivity index (χ3n) is 4.16. The van der Waals surface area contributed by atoms with Gasteiger partial charge in [0.1, 0.15) is 0 Å². The van der Waals surface area contributed by atoms with Gasteiger partial charge in [-0.3, -0.25) is 4.79 Å². The molecule has 0 fully saturated rings. The van der Waals surface area contributed by atoms with Crippen molar-refractivity contribution in [2.24, 2.45) is 5.73 Å². The Hall–Kier alpha value is -2.38. The summed E-state index contributed by atoms with van der Waals surface area (Å²) in [6, 6.07) is 11.6. The Morgan fingerprint density at radius 2 is 1.68 bits per heavy atom. The highest BCUT2D eigenvalue weighted by Gasteiger charge is 2.15. The van der Waals surface area contributed by atoms with Gasteiger partial charge in [0.25, 0.3) is 5.91 Å². The summed E-state index contributed by atoms with van der Waals surface area (Å²) >= 11 is 0. The zero-order chi connectivity index (χ0) is 20.0. The Labute approximate surface area is 169 Å². The number of halogens is 3. The van der Waals surface area contributed by atoms with Gasteiger partial charge in [0.05, 0.1) is 7.11 Å². The van der Waals surface area contributed by atoms with E-state index in [0.717, 1.165) is 5.56 Å². The topological polar surface area (TPSA) is 73.6 Å². The van der Waals surface area contributed by atoms with E-state index >= 15 is 0 Å². The van der Waals surface area contributed by atoms with Crippen molar-refractivity contribution in [3.05, 3.63) is 59.2 Å². The first-order valence-electron chi connectivity index (χ1n) is 8.58. The van der Waals surface area contributed by atoms with Crippen LogP contribution in [0.15, 0.2) is 42.5 Å². The molecule has 1 atom stereocenters. The van der Waals surface area contributed by atoms with E-state index in [0.29, 0.717) is 5.92 Å². The summed E-state index contributed by atoms with van der Waals surface area (Å²) in [5, 5.41) is 2.70. The van der Waals surface area contributed by atoms with E-state index in [1.54, 1.807) is 0 Å². The highest BCUT2D eigenvalue weighted by Crippen LogP contribution is 2.29. The number of alkyl halides is 2. The van der Waals surface area contributed by atoms with E-state index in [4.69, 9.17) is 10.5 Å². The number of carbonyl (C=O) groups excluding carboxylic acids is 1. The van der Waals surface area contributed by atoms with Crippen LogP contribution < -0.4 is 20.5 Å². The smallest absolute Gasteiger partial charge is 0.387 e. The number of amides is 1. The number of hydrogen-bond donors (Lipinski definition) is 2. The van der Waals surface area contributed by atoms with Crippen LogP contribution >= 0.6 is 12.4 Å². The molecule has 1 amide bonds. The molecule has 3 N–H and O–H groups in total. The number of nitrogens with two attached hydrogens (primary N) is 1. The summed E-state index contributed by atoms with van der Waals surface area (Å²) in [7, 11) is 1.33. The maximum atomic E-state index is 12.5. The Morgan fingerprint density at radius 3 is 2.21 bits per heavy atom. The number of benzene rings is 2. The van der Waals surface area contributed by atoms with E-state index in [9.17, 15) is 13.6 Å². The van der Waals surface area contributed by atoms with Gasteiger partial charge in [0.2, 0.25) is 0 Å². The SMILES string of the molecule is COc1ccc(C(=O)NCC(N)c2ccc(C(C)C)cc2)cc1OC(F)F.Cl. The van der Waals surface area contributed by atoms with E-state index in [2.05, 4.69) is 23.9 Å². The first-order chi connectivity index (χ1) is 12.8. The Kier molecular flexibility index (Phi) is 9.15. The number of carbonyl (C=O) groups is 1. The van der Waals surface area contributed by atoms with E-state index in [1.165, 1.54) is 30.9 Å². The largest absolute Gasteiger partial charge is 0.493 e. The van der Waals surface area contributed by atoms with E-state index in [-0.39, 0.29) is 42.1 Å². The van der Waals surface area contributed by atoms with Crippen molar-refractivity contribution in [1.82, 2.24) is 5.32 Å². The Balaban J connectivity index is 0.00000392. The van der Waals surface area contributed by atoms with Gasteiger partial charge in [0.15, 0.2) is 11.5 Å². The van der Waals surface area contributed by atoms with Crippen LogP contribution in [0.2, 0.25) is 0 Å². The molecule has 0 radical (unpaired) electrons. The third-order valence-corrected chi connectivity index (χ3v) is 4.16. The van der Waals surface area contributed by atoms with Crippen LogP contribution in [0, 0.1) is 0 Å². The number of rotatable bonds is 8. The summed E-state index contributed by atoms with van der Waals surface area (Å²) in [4.78, 5) is 12.3. The highest BCUT2D eigenvalue weighted by molar-refractivity contribution is 5.94. The second-order valence-corrected chi connectivity index (χ2v) is 6.38.